The summed E-state index contributed by atoms with van der Waals surface area (Å²) in [7, 11) is 1.39. The minimum atomic E-state index is -0.299. The standard InChI is InChI=1S/C14H16O2/c1-11(2)9-13(14(15)16-3)10-12-7-5-4-6-8-12/h4-8,10H,1,9H2,2-3H3/b13-10+. The van der Waals surface area contributed by atoms with Crippen LogP contribution in [0.3, 0.4) is 0 Å². The lowest BCUT2D eigenvalue weighted by Gasteiger charge is -2.05. The fourth-order valence-corrected chi connectivity index (χ4v) is 1.39. The van der Waals surface area contributed by atoms with E-state index in [1.165, 1.54) is 7.11 Å². The van der Waals surface area contributed by atoms with Crippen molar-refractivity contribution in [2.75, 3.05) is 7.11 Å². The molecule has 2 heteroatoms. The predicted octanol–water partition coefficient (Wildman–Crippen LogP) is 3.21. The van der Waals surface area contributed by atoms with Crippen molar-refractivity contribution in [2.24, 2.45) is 0 Å². The molecule has 1 rings (SSSR count). The third kappa shape index (κ3) is 3.73. The van der Waals surface area contributed by atoms with Crippen LogP contribution >= 0.6 is 0 Å². The second kappa shape index (κ2) is 5.91. The van der Waals surface area contributed by atoms with E-state index in [-0.39, 0.29) is 5.97 Å². The highest BCUT2D eigenvalue weighted by Gasteiger charge is 2.09. The van der Waals surface area contributed by atoms with Gasteiger partial charge >= 0.3 is 5.97 Å². The largest absolute Gasteiger partial charge is 0.466 e. The molecule has 1 aromatic rings. The zero-order chi connectivity index (χ0) is 12.0. The van der Waals surface area contributed by atoms with Gasteiger partial charge < -0.3 is 4.74 Å². The van der Waals surface area contributed by atoms with Gasteiger partial charge in [-0.25, -0.2) is 4.79 Å². The molecule has 0 aliphatic rings. The molecule has 0 N–H and O–H groups in total. The Morgan fingerprint density at radius 2 is 2.00 bits per heavy atom. The molecule has 0 heterocycles. The summed E-state index contributed by atoms with van der Waals surface area (Å²) in [5.74, 6) is -0.299. The minimum Gasteiger partial charge on any atom is -0.466 e. The summed E-state index contributed by atoms with van der Waals surface area (Å²) in [4.78, 5) is 11.5. The highest BCUT2D eigenvalue weighted by Crippen LogP contribution is 2.15. The minimum absolute atomic E-state index is 0.299. The summed E-state index contributed by atoms with van der Waals surface area (Å²) in [6.07, 6.45) is 2.38. The van der Waals surface area contributed by atoms with Crippen LogP contribution in [0.2, 0.25) is 0 Å². The van der Waals surface area contributed by atoms with Gasteiger partial charge in [0.2, 0.25) is 0 Å². The summed E-state index contributed by atoms with van der Waals surface area (Å²) in [5, 5.41) is 0. The summed E-state index contributed by atoms with van der Waals surface area (Å²) in [5.41, 5.74) is 2.55. The van der Waals surface area contributed by atoms with E-state index in [2.05, 4.69) is 6.58 Å². The molecule has 0 aliphatic carbocycles. The molecular weight excluding hydrogens is 200 g/mol. The van der Waals surface area contributed by atoms with Crippen molar-refractivity contribution in [1.29, 1.82) is 0 Å². The molecule has 0 saturated heterocycles. The molecule has 0 aliphatic heterocycles. The Hall–Kier alpha value is -1.83. The van der Waals surface area contributed by atoms with Crippen molar-refractivity contribution < 1.29 is 9.53 Å². The second-order valence-electron chi connectivity index (χ2n) is 3.71. The van der Waals surface area contributed by atoms with E-state index >= 15 is 0 Å². The maximum absolute atomic E-state index is 11.5. The van der Waals surface area contributed by atoms with Crippen LogP contribution in [0.25, 0.3) is 6.08 Å². The van der Waals surface area contributed by atoms with Gasteiger partial charge in [-0.05, 0) is 25.0 Å². The molecular formula is C14H16O2. The van der Waals surface area contributed by atoms with Crippen molar-refractivity contribution in [3.8, 4) is 0 Å². The first-order valence-electron chi connectivity index (χ1n) is 5.12. The van der Waals surface area contributed by atoms with Gasteiger partial charge in [-0.3, -0.25) is 0 Å². The van der Waals surface area contributed by atoms with E-state index in [0.29, 0.717) is 12.0 Å². The highest BCUT2D eigenvalue weighted by molar-refractivity contribution is 5.94. The number of ether oxygens (including phenoxy) is 1. The Bertz CT molecular complexity index is 402. The third-order valence-electron chi connectivity index (χ3n) is 2.08. The van der Waals surface area contributed by atoms with Gasteiger partial charge in [-0.1, -0.05) is 42.5 Å². The van der Waals surface area contributed by atoms with E-state index in [0.717, 1.165) is 11.1 Å². The number of hydrogen-bond donors (Lipinski definition) is 0. The lowest BCUT2D eigenvalue weighted by Crippen LogP contribution is -2.05. The molecule has 16 heavy (non-hydrogen) atoms. The van der Waals surface area contributed by atoms with E-state index in [1.807, 2.05) is 43.3 Å². The maximum Gasteiger partial charge on any atom is 0.334 e. The lowest BCUT2D eigenvalue weighted by molar-refractivity contribution is -0.136. The smallest absolute Gasteiger partial charge is 0.334 e. The van der Waals surface area contributed by atoms with Gasteiger partial charge in [0.1, 0.15) is 0 Å². The van der Waals surface area contributed by atoms with E-state index in [1.54, 1.807) is 0 Å². The molecule has 0 saturated carbocycles. The number of rotatable bonds is 4. The zero-order valence-corrected chi connectivity index (χ0v) is 9.69. The van der Waals surface area contributed by atoms with Gasteiger partial charge in [-0.2, -0.15) is 0 Å². The Labute approximate surface area is 96.2 Å². The first-order valence-corrected chi connectivity index (χ1v) is 5.12. The van der Waals surface area contributed by atoms with Crippen LogP contribution in [-0.4, -0.2) is 13.1 Å². The normalized spacial score (nSPS) is 11.0. The number of allylic oxidation sites excluding steroid dienone is 1. The SMILES string of the molecule is C=C(C)C/C(=C\c1ccccc1)C(=O)OC. The molecule has 0 aromatic heterocycles. The van der Waals surface area contributed by atoms with Crippen LogP contribution in [0.1, 0.15) is 18.9 Å². The highest BCUT2D eigenvalue weighted by atomic mass is 16.5. The predicted molar refractivity (Wildman–Crippen MR) is 65.9 cm³/mol. The van der Waals surface area contributed by atoms with Crippen LogP contribution in [0.5, 0.6) is 0 Å². The fraction of sp³-hybridized carbons (Fsp3) is 0.214. The van der Waals surface area contributed by atoms with Crippen molar-refractivity contribution in [3.05, 3.63) is 53.6 Å². The Morgan fingerprint density at radius 1 is 1.38 bits per heavy atom. The molecule has 0 bridgehead atoms. The monoisotopic (exact) mass is 216 g/mol. The van der Waals surface area contributed by atoms with Gasteiger partial charge in [0.25, 0.3) is 0 Å². The van der Waals surface area contributed by atoms with Crippen LogP contribution in [0.4, 0.5) is 0 Å². The molecule has 0 radical (unpaired) electrons. The van der Waals surface area contributed by atoms with Crippen molar-refractivity contribution in [2.45, 2.75) is 13.3 Å². The Kier molecular flexibility index (Phi) is 4.52. The fourth-order valence-electron chi connectivity index (χ4n) is 1.39. The van der Waals surface area contributed by atoms with Crippen molar-refractivity contribution in [3.63, 3.8) is 0 Å². The van der Waals surface area contributed by atoms with E-state index in [9.17, 15) is 4.79 Å². The first-order chi connectivity index (χ1) is 7.63. The number of carbonyl (C=O) groups is 1. The van der Waals surface area contributed by atoms with Crippen LogP contribution in [0, 0.1) is 0 Å². The number of methoxy groups -OCH3 is 1. The molecule has 84 valence electrons. The Morgan fingerprint density at radius 3 is 2.50 bits per heavy atom. The number of hydrogen-bond acceptors (Lipinski definition) is 2. The molecule has 0 amide bonds. The van der Waals surface area contributed by atoms with Crippen molar-refractivity contribution >= 4 is 12.0 Å². The molecule has 0 fully saturated rings. The molecule has 0 spiro atoms. The average Bonchev–Trinajstić information content (AvgIpc) is 2.28. The Balaban J connectivity index is 2.96. The van der Waals surface area contributed by atoms with Gasteiger partial charge in [-0.15, -0.1) is 0 Å². The van der Waals surface area contributed by atoms with E-state index in [4.69, 9.17) is 4.74 Å². The number of carbonyl (C=O) groups excluding carboxylic acids is 1. The first kappa shape index (κ1) is 12.2. The van der Waals surface area contributed by atoms with Gasteiger partial charge in [0.15, 0.2) is 0 Å². The molecule has 0 unspecified atom stereocenters. The van der Waals surface area contributed by atoms with Crippen molar-refractivity contribution in [1.82, 2.24) is 0 Å². The maximum atomic E-state index is 11.5. The summed E-state index contributed by atoms with van der Waals surface area (Å²) in [6.45, 7) is 5.70. The molecule has 0 atom stereocenters. The number of esters is 1. The van der Waals surface area contributed by atoms with Crippen LogP contribution in [-0.2, 0) is 9.53 Å². The third-order valence-corrected chi connectivity index (χ3v) is 2.08. The molecule has 1 aromatic carbocycles. The molecule has 2 nitrogen and oxygen atoms in total. The average molecular weight is 216 g/mol. The lowest BCUT2D eigenvalue weighted by atomic mass is 10.0. The van der Waals surface area contributed by atoms with Crippen LogP contribution in [0.15, 0.2) is 48.1 Å². The second-order valence-corrected chi connectivity index (χ2v) is 3.71. The topological polar surface area (TPSA) is 26.3 Å². The van der Waals surface area contributed by atoms with E-state index < -0.39 is 0 Å². The summed E-state index contributed by atoms with van der Waals surface area (Å²) < 4.78 is 4.74. The number of benzene rings is 1. The summed E-state index contributed by atoms with van der Waals surface area (Å²) >= 11 is 0. The zero-order valence-electron chi connectivity index (χ0n) is 9.69. The van der Waals surface area contributed by atoms with Gasteiger partial charge in [0.05, 0.1) is 7.11 Å². The van der Waals surface area contributed by atoms with Crippen LogP contribution < -0.4 is 0 Å². The quantitative estimate of drug-likeness (QED) is 0.439. The van der Waals surface area contributed by atoms with Gasteiger partial charge in [0, 0.05) is 5.57 Å². The summed E-state index contributed by atoms with van der Waals surface area (Å²) in [6, 6.07) is 9.69.